The normalized spacial score (nSPS) is 16.3. The number of nitrogens with zero attached hydrogens (tertiary/aromatic N) is 1. The minimum Gasteiger partial charge on any atom is -0.502 e. The van der Waals surface area contributed by atoms with E-state index in [1.807, 2.05) is 26.0 Å². The number of aliphatic hydroxyl groups is 1. The van der Waals surface area contributed by atoms with Crippen molar-refractivity contribution in [1.82, 2.24) is 0 Å². The highest BCUT2D eigenvalue weighted by Gasteiger charge is 2.47. The molecule has 35 heavy (non-hydrogen) atoms. The molecule has 3 aromatic rings. The third kappa shape index (κ3) is 4.56. The number of ether oxygens (including phenoxy) is 1. The zero-order chi connectivity index (χ0) is 25.3. The second kappa shape index (κ2) is 9.58. The smallest absolute Gasteiger partial charge is 0.295 e. The highest BCUT2D eigenvalue weighted by molar-refractivity contribution is 7.95. The summed E-state index contributed by atoms with van der Waals surface area (Å²) in [6, 6.07) is 19.6. The van der Waals surface area contributed by atoms with Crippen molar-refractivity contribution in [3.63, 3.8) is 0 Å². The molecule has 6 nitrogen and oxygen atoms in total. The summed E-state index contributed by atoms with van der Waals surface area (Å²) >= 11 is 0. The van der Waals surface area contributed by atoms with Gasteiger partial charge in [-0.3, -0.25) is 9.69 Å². The number of anilines is 1. The summed E-state index contributed by atoms with van der Waals surface area (Å²) in [5.41, 5.74) is 3.03. The molecule has 0 saturated carbocycles. The highest BCUT2D eigenvalue weighted by Crippen LogP contribution is 2.45. The minimum absolute atomic E-state index is 0.0189. The lowest BCUT2D eigenvalue weighted by Gasteiger charge is -2.27. The lowest BCUT2D eigenvalue weighted by Crippen LogP contribution is -2.31. The number of rotatable bonds is 7. The molecule has 0 bridgehead atoms. The molecule has 1 atom stereocenters. The van der Waals surface area contributed by atoms with Crippen molar-refractivity contribution in [1.29, 1.82) is 0 Å². The molecule has 0 spiro atoms. The maximum Gasteiger partial charge on any atom is 0.295 e. The number of amides is 1. The van der Waals surface area contributed by atoms with E-state index < -0.39 is 27.5 Å². The van der Waals surface area contributed by atoms with Crippen LogP contribution in [-0.4, -0.2) is 26.0 Å². The summed E-state index contributed by atoms with van der Waals surface area (Å²) in [5, 5.41) is 10.9. The van der Waals surface area contributed by atoms with E-state index in [0.717, 1.165) is 11.1 Å². The van der Waals surface area contributed by atoms with E-state index in [1.54, 1.807) is 48.5 Å². The van der Waals surface area contributed by atoms with Crippen LogP contribution >= 0.6 is 0 Å². The third-order valence-electron chi connectivity index (χ3n) is 6.13. The lowest BCUT2D eigenvalue weighted by atomic mass is 10.0. The Morgan fingerprint density at radius 2 is 1.54 bits per heavy atom. The fraction of sp³-hybridized carbons (Fsp3) is 0.250. The van der Waals surface area contributed by atoms with Gasteiger partial charge in [0.25, 0.3) is 5.91 Å². The van der Waals surface area contributed by atoms with Gasteiger partial charge in [0, 0.05) is 5.69 Å². The molecule has 0 unspecified atom stereocenters. The van der Waals surface area contributed by atoms with Gasteiger partial charge >= 0.3 is 0 Å². The number of aryl methyl sites for hydroxylation is 1. The van der Waals surface area contributed by atoms with E-state index in [4.69, 9.17) is 4.74 Å². The predicted octanol–water partition coefficient (Wildman–Crippen LogP) is 5.85. The van der Waals surface area contributed by atoms with Gasteiger partial charge in [0.15, 0.2) is 5.76 Å². The number of carbonyl (C=O) groups excluding carboxylic acids is 1. The van der Waals surface area contributed by atoms with E-state index in [1.165, 1.54) is 17.0 Å². The topological polar surface area (TPSA) is 83.9 Å². The Labute approximate surface area is 206 Å². The second-order valence-electron chi connectivity index (χ2n) is 8.86. The molecule has 1 N–H and O–H groups in total. The SMILES string of the molecule is CCOc1ccc([C@@H]2C(S(=O)(=O)c3ccc(C)cc3)=C(O)C(=O)N2c2ccc(C(C)C)cc2)cc1. The standard InChI is InChI=1S/C28H29NO5S/c1-5-34-23-14-10-21(11-15-23)25-27(35(32,33)24-16-6-19(4)7-17-24)26(30)28(31)29(25)22-12-8-20(9-13-22)18(2)3/h6-18,25,30H,5H2,1-4H3/t25-/m1/s1. The van der Waals surface area contributed by atoms with E-state index in [0.29, 0.717) is 29.5 Å². The molecule has 3 aromatic carbocycles. The Bertz CT molecular complexity index is 1360. The monoisotopic (exact) mass is 491 g/mol. The molecule has 182 valence electrons. The molecule has 0 radical (unpaired) electrons. The third-order valence-corrected chi connectivity index (χ3v) is 8.02. The molecular formula is C28H29NO5S. The lowest BCUT2D eigenvalue weighted by molar-refractivity contribution is -0.117. The van der Waals surface area contributed by atoms with E-state index in [9.17, 15) is 18.3 Å². The van der Waals surface area contributed by atoms with Gasteiger partial charge in [-0.15, -0.1) is 0 Å². The number of carbonyl (C=O) groups is 1. The Hall–Kier alpha value is -3.58. The molecule has 1 amide bonds. The molecule has 1 aliphatic rings. The summed E-state index contributed by atoms with van der Waals surface area (Å²) in [6.07, 6.45) is 0. The summed E-state index contributed by atoms with van der Waals surface area (Å²) in [6.45, 7) is 8.36. The summed E-state index contributed by atoms with van der Waals surface area (Å²) in [4.78, 5) is 14.4. The van der Waals surface area contributed by atoms with Crippen LogP contribution in [0.15, 0.2) is 88.4 Å². The number of aliphatic hydroxyl groups excluding tert-OH is 1. The first kappa shape index (κ1) is 24.5. The van der Waals surface area contributed by atoms with Crippen molar-refractivity contribution >= 4 is 21.4 Å². The molecule has 0 fully saturated rings. The first-order chi connectivity index (χ1) is 16.6. The van der Waals surface area contributed by atoms with Gasteiger partial charge in [-0.1, -0.05) is 55.8 Å². The zero-order valence-corrected chi connectivity index (χ0v) is 21.0. The van der Waals surface area contributed by atoms with Gasteiger partial charge in [0.05, 0.1) is 11.5 Å². The predicted molar refractivity (Wildman–Crippen MR) is 136 cm³/mol. The van der Waals surface area contributed by atoms with E-state index in [2.05, 4.69) is 13.8 Å². The van der Waals surface area contributed by atoms with Gasteiger partial charge in [-0.25, -0.2) is 8.42 Å². The van der Waals surface area contributed by atoms with Gasteiger partial charge < -0.3 is 9.84 Å². The number of hydrogen-bond donors (Lipinski definition) is 1. The maximum absolute atomic E-state index is 13.8. The summed E-state index contributed by atoms with van der Waals surface area (Å²) in [5.74, 6) is -0.599. The molecule has 7 heteroatoms. The largest absolute Gasteiger partial charge is 0.502 e. The fourth-order valence-corrected chi connectivity index (χ4v) is 5.83. The molecule has 4 rings (SSSR count). The van der Waals surface area contributed by atoms with Crippen LogP contribution in [0.1, 0.15) is 49.4 Å². The van der Waals surface area contributed by atoms with Crippen LogP contribution in [0.5, 0.6) is 5.75 Å². The van der Waals surface area contributed by atoms with Gasteiger partial charge in [0.2, 0.25) is 9.84 Å². The first-order valence-electron chi connectivity index (χ1n) is 11.6. The average Bonchev–Trinajstić information content (AvgIpc) is 3.11. The molecule has 0 aliphatic carbocycles. The van der Waals surface area contributed by atoms with Crippen LogP contribution in [0.4, 0.5) is 5.69 Å². The van der Waals surface area contributed by atoms with Crippen LogP contribution in [-0.2, 0) is 14.6 Å². The Balaban J connectivity index is 1.88. The van der Waals surface area contributed by atoms with Crippen molar-refractivity contribution in [2.75, 3.05) is 11.5 Å². The molecule has 0 saturated heterocycles. The molecule has 1 heterocycles. The van der Waals surface area contributed by atoms with Gasteiger partial charge in [-0.2, -0.15) is 0 Å². The van der Waals surface area contributed by atoms with Crippen molar-refractivity contribution in [2.45, 2.75) is 44.6 Å². The number of sulfone groups is 1. The Kier molecular flexibility index (Phi) is 6.72. The fourth-order valence-electron chi connectivity index (χ4n) is 4.20. The van der Waals surface area contributed by atoms with Crippen LogP contribution in [0.3, 0.4) is 0 Å². The average molecular weight is 492 g/mol. The molecule has 1 aliphatic heterocycles. The second-order valence-corrected chi connectivity index (χ2v) is 10.8. The van der Waals surface area contributed by atoms with Crippen LogP contribution in [0.2, 0.25) is 0 Å². The highest BCUT2D eigenvalue weighted by atomic mass is 32.2. The van der Waals surface area contributed by atoms with Gasteiger partial charge in [-0.05, 0) is 67.3 Å². The van der Waals surface area contributed by atoms with Crippen molar-refractivity contribution in [3.8, 4) is 5.75 Å². The number of hydrogen-bond acceptors (Lipinski definition) is 5. The van der Waals surface area contributed by atoms with Crippen LogP contribution < -0.4 is 9.64 Å². The van der Waals surface area contributed by atoms with Gasteiger partial charge in [0.1, 0.15) is 16.7 Å². The molecule has 0 aromatic heterocycles. The molecular weight excluding hydrogens is 462 g/mol. The number of benzene rings is 3. The summed E-state index contributed by atoms with van der Waals surface area (Å²) < 4.78 is 33.0. The van der Waals surface area contributed by atoms with Crippen molar-refractivity contribution < 1.29 is 23.1 Å². The quantitative estimate of drug-likeness (QED) is 0.448. The Morgan fingerprint density at radius 3 is 2.09 bits per heavy atom. The minimum atomic E-state index is -4.18. The first-order valence-corrected chi connectivity index (χ1v) is 13.0. The van der Waals surface area contributed by atoms with Crippen molar-refractivity contribution in [2.24, 2.45) is 0 Å². The van der Waals surface area contributed by atoms with Crippen molar-refractivity contribution in [3.05, 3.63) is 100 Å². The maximum atomic E-state index is 13.8. The van der Waals surface area contributed by atoms with Crippen LogP contribution in [0, 0.1) is 6.92 Å². The summed E-state index contributed by atoms with van der Waals surface area (Å²) in [7, 11) is -4.18. The van der Waals surface area contributed by atoms with E-state index >= 15 is 0 Å². The van der Waals surface area contributed by atoms with Crippen LogP contribution in [0.25, 0.3) is 0 Å². The zero-order valence-electron chi connectivity index (χ0n) is 20.2. The van der Waals surface area contributed by atoms with E-state index in [-0.39, 0.29) is 9.80 Å². The Morgan fingerprint density at radius 1 is 0.943 bits per heavy atom.